The Morgan fingerprint density at radius 3 is 2.62 bits per heavy atom. The lowest BCUT2D eigenvalue weighted by atomic mass is 10.1. The van der Waals surface area contributed by atoms with Crippen molar-refractivity contribution >= 4 is 11.4 Å². The normalized spacial score (nSPS) is 9.88. The Kier molecular flexibility index (Phi) is 3.20. The fourth-order valence-electron chi connectivity index (χ4n) is 1.01. The SMILES string of the molecule is N#Cc1cc([N+](=O)[O-])c(OC(F)F)cc1N. The Labute approximate surface area is 88.0 Å². The van der Waals surface area contributed by atoms with E-state index in [9.17, 15) is 18.9 Å². The summed E-state index contributed by atoms with van der Waals surface area (Å²) in [4.78, 5) is 9.58. The number of nitro benzene ring substituents is 1. The molecule has 6 nitrogen and oxygen atoms in total. The maximum atomic E-state index is 11.9. The molecule has 1 aromatic carbocycles. The molecule has 16 heavy (non-hydrogen) atoms. The topological polar surface area (TPSA) is 102 Å². The summed E-state index contributed by atoms with van der Waals surface area (Å²) < 4.78 is 27.8. The molecule has 1 rings (SSSR count). The molecular formula is C8H5F2N3O3. The number of nitriles is 1. The Balaban J connectivity index is 3.31. The summed E-state index contributed by atoms with van der Waals surface area (Å²) in [5.74, 6) is -0.670. The van der Waals surface area contributed by atoms with Crippen LogP contribution in [0.5, 0.6) is 5.75 Å². The molecule has 0 amide bonds. The number of hydrogen-bond acceptors (Lipinski definition) is 5. The van der Waals surface area contributed by atoms with Crippen molar-refractivity contribution in [1.29, 1.82) is 5.26 Å². The van der Waals surface area contributed by atoms with Gasteiger partial charge in [0.1, 0.15) is 6.07 Å². The van der Waals surface area contributed by atoms with E-state index >= 15 is 0 Å². The second kappa shape index (κ2) is 4.39. The first kappa shape index (κ1) is 11.6. The monoisotopic (exact) mass is 229 g/mol. The van der Waals surface area contributed by atoms with Crippen molar-refractivity contribution in [3.63, 3.8) is 0 Å². The van der Waals surface area contributed by atoms with Gasteiger partial charge in [0, 0.05) is 12.1 Å². The third-order valence-electron chi connectivity index (χ3n) is 1.66. The second-order valence-electron chi connectivity index (χ2n) is 2.65. The fraction of sp³-hybridized carbons (Fsp3) is 0.125. The smallest absolute Gasteiger partial charge is 0.387 e. The summed E-state index contributed by atoms with van der Waals surface area (Å²) >= 11 is 0. The Hall–Kier alpha value is -2.43. The van der Waals surface area contributed by atoms with Crippen molar-refractivity contribution < 1.29 is 18.4 Å². The van der Waals surface area contributed by atoms with Crippen LogP contribution < -0.4 is 10.5 Å². The van der Waals surface area contributed by atoms with Gasteiger partial charge in [0.2, 0.25) is 5.75 Å². The largest absolute Gasteiger partial charge is 0.427 e. The van der Waals surface area contributed by atoms with E-state index in [1.807, 2.05) is 0 Å². The molecule has 0 saturated carbocycles. The number of anilines is 1. The molecule has 0 atom stereocenters. The summed E-state index contributed by atoms with van der Waals surface area (Å²) in [5, 5.41) is 19.1. The number of nitrogen functional groups attached to an aromatic ring is 1. The van der Waals surface area contributed by atoms with E-state index < -0.39 is 23.0 Å². The highest BCUT2D eigenvalue weighted by Gasteiger charge is 2.21. The van der Waals surface area contributed by atoms with Crippen LogP contribution in [0, 0.1) is 21.4 Å². The summed E-state index contributed by atoms with van der Waals surface area (Å²) in [6, 6.07) is 3.21. The van der Waals surface area contributed by atoms with Crippen molar-refractivity contribution in [3.05, 3.63) is 27.8 Å². The standard InChI is InChI=1S/C8H5F2N3O3/c9-8(10)16-7-2-5(12)4(3-11)1-6(7)13(14)15/h1-2,8H,12H2. The van der Waals surface area contributed by atoms with Crippen LogP contribution in [0.15, 0.2) is 12.1 Å². The summed E-state index contributed by atoms with van der Waals surface area (Å²) in [5.41, 5.74) is 4.24. The zero-order chi connectivity index (χ0) is 12.3. The van der Waals surface area contributed by atoms with E-state index in [0.29, 0.717) is 0 Å². The van der Waals surface area contributed by atoms with Gasteiger partial charge in [0.15, 0.2) is 0 Å². The van der Waals surface area contributed by atoms with E-state index in [-0.39, 0.29) is 11.3 Å². The number of nitrogens with zero attached hydrogens (tertiary/aromatic N) is 2. The predicted molar refractivity (Wildman–Crippen MR) is 48.9 cm³/mol. The van der Waals surface area contributed by atoms with E-state index in [0.717, 1.165) is 12.1 Å². The quantitative estimate of drug-likeness (QED) is 0.482. The molecule has 0 aliphatic heterocycles. The number of benzene rings is 1. The van der Waals surface area contributed by atoms with Crippen molar-refractivity contribution in [3.8, 4) is 11.8 Å². The van der Waals surface area contributed by atoms with Crippen LogP contribution in [0.25, 0.3) is 0 Å². The average molecular weight is 229 g/mol. The first-order chi connectivity index (χ1) is 7.45. The minimum absolute atomic E-state index is 0.163. The molecule has 0 saturated heterocycles. The zero-order valence-electron chi connectivity index (χ0n) is 7.68. The molecule has 0 aromatic heterocycles. The van der Waals surface area contributed by atoms with Gasteiger partial charge in [-0.3, -0.25) is 10.1 Å². The number of rotatable bonds is 3. The third-order valence-corrected chi connectivity index (χ3v) is 1.66. The molecule has 0 fully saturated rings. The maximum absolute atomic E-state index is 11.9. The second-order valence-corrected chi connectivity index (χ2v) is 2.65. The molecule has 0 aliphatic carbocycles. The van der Waals surface area contributed by atoms with Crippen LogP contribution in [0.2, 0.25) is 0 Å². The van der Waals surface area contributed by atoms with Crippen molar-refractivity contribution in [2.45, 2.75) is 6.61 Å². The van der Waals surface area contributed by atoms with Gasteiger partial charge < -0.3 is 10.5 Å². The zero-order valence-corrected chi connectivity index (χ0v) is 7.68. The molecule has 0 radical (unpaired) electrons. The fourth-order valence-corrected chi connectivity index (χ4v) is 1.01. The molecule has 8 heteroatoms. The van der Waals surface area contributed by atoms with Crippen molar-refractivity contribution in [2.75, 3.05) is 5.73 Å². The number of nitro groups is 1. The van der Waals surface area contributed by atoms with Gasteiger partial charge >= 0.3 is 12.3 Å². The first-order valence-electron chi connectivity index (χ1n) is 3.88. The minimum atomic E-state index is -3.20. The number of nitrogens with two attached hydrogens (primary N) is 1. The number of halogens is 2. The van der Waals surface area contributed by atoms with Gasteiger partial charge in [-0.15, -0.1) is 0 Å². The van der Waals surface area contributed by atoms with Crippen LogP contribution in [-0.2, 0) is 0 Å². The summed E-state index contributed by atoms with van der Waals surface area (Å²) in [7, 11) is 0. The Morgan fingerprint density at radius 2 is 2.19 bits per heavy atom. The molecule has 0 spiro atoms. The highest BCUT2D eigenvalue weighted by atomic mass is 19.3. The van der Waals surface area contributed by atoms with E-state index in [1.54, 1.807) is 6.07 Å². The van der Waals surface area contributed by atoms with Gasteiger partial charge in [0.25, 0.3) is 0 Å². The van der Waals surface area contributed by atoms with Gasteiger partial charge in [-0.05, 0) is 0 Å². The molecule has 0 aliphatic rings. The van der Waals surface area contributed by atoms with Gasteiger partial charge in [-0.2, -0.15) is 14.0 Å². The number of hydrogen-bond donors (Lipinski definition) is 1. The molecule has 2 N–H and O–H groups in total. The number of alkyl halides is 2. The van der Waals surface area contributed by atoms with E-state index in [4.69, 9.17) is 11.0 Å². The number of ether oxygens (including phenoxy) is 1. The maximum Gasteiger partial charge on any atom is 0.387 e. The van der Waals surface area contributed by atoms with Gasteiger partial charge in [0.05, 0.1) is 16.2 Å². The molecule has 84 valence electrons. The van der Waals surface area contributed by atoms with Gasteiger partial charge in [-0.1, -0.05) is 0 Å². The highest BCUT2D eigenvalue weighted by molar-refractivity contribution is 5.64. The van der Waals surface area contributed by atoms with Gasteiger partial charge in [-0.25, -0.2) is 0 Å². The lowest BCUT2D eigenvalue weighted by Gasteiger charge is -2.06. The minimum Gasteiger partial charge on any atom is -0.427 e. The summed E-state index contributed by atoms with van der Waals surface area (Å²) in [6.45, 7) is -3.20. The highest BCUT2D eigenvalue weighted by Crippen LogP contribution is 2.32. The van der Waals surface area contributed by atoms with Crippen molar-refractivity contribution in [1.82, 2.24) is 0 Å². The lowest BCUT2D eigenvalue weighted by molar-refractivity contribution is -0.386. The molecule has 0 unspecified atom stereocenters. The van der Waals surface area contributed by atoms with Crippen LogP contribution in [0.1, 0.15) is 5.56 Å². The Bertz CT molecular complexity index is 470. The molecule has 1 aromatic rings. The van der Waals surface area contributed by atoms with E-state index in [1.165, 1.54) is 0 Å². The van der Waals surface area contributed by atoms with Crippen molar-refractivity contribution in [2.24, 2.45) is 0 Å². The third kappa shape index (κ3) is 2.33. The van der Waals surface area contributed by atoms with Crippen LogP contribution >= 0.6 is 0 Å². The first-order valence-corrected chi connectivity index (χ1v) is 3.88. The lowest BCUT2D eigenvalue weighted by Crippen LogP contribution is -2.06. The van der Waals surface area contributed by atoms with Crippen LogP contribution in [-0.4, -0.2) is 11.5 Å². The summed E-state index contributed by atoms with van der Waals surface area (Å²) in [6.07, 6.45) is 0. The Morgan fingerprint density at radius 1 is 1.56 bits per heavy atom. The predicted octanol–water partition coefficient (Wildman–Crippen LogP) is 1.65. The van der Waals surface area contributed by atoms with Crippen LogP contribution in [0.4, 0.5) is 20.2 Å². The average Bonchev–Trinajstić information content (AvgIpc) is 2.16. The van der Waals surface area contributed by atoms with E-state index in [2.05, 4.69) is 4.74 Å². The molecule has 0 bridgehead atoms. The molecule has 0 heterocycles. The van der Waals surface area contributed by atoms with Crippen LogP contribution in [0.3, 0.4) is 0 Å². The molecular weight excluding hydrogens is 224 g/mol.